The second-order valence-electron chi connectivity index (χ2n) is 5.93. The molecule has 1 aliphatic carbocycles. The van der Waals surface area contributed by atoms with Crippen LogP contribution >= 0.6 is 11.3 Å². The van der Waals surface area contributed by atoms with Gasteiger partial charge in [-0.15, -0.1) is 16.5 Å². The van der Waals surface area contributed by atoms with Crippen LogP contribution in [0.25, 0.3) is 10.6 Å². The third-order valence-corrected chi connectivity index (χ3v) is 6.96. The van der Waals surface area contributed by atoms with Crippen molar-refractivity contribution in [3.05, 3.63) is 48.2 Å². The van der Waals surface area contributed by atoms with E-state index in [1.807, 2.05) is 0 Å². The van der Waals surface area contributed by atoms with Gasteiger partial charge >= 0.3 is 6.16 Å². The highest BCUT2D eigenvalue weighted by atomic mass is 32.2. The highest BCUT2D eigenvalue weighted by Gasteiger charge is 2.43. The van der Waals surface area contributed by atoms with Gasteiger partial charge in [0.25, 0.3) is 15.9 Å². The number of hydrazine groups is 1. The van der Waals surface area contributed by atoms with Crippen LogP contribution in [0.3, 0.4) is 0 Å². The Morgan fingerprint density at radius 3 is 2.82 bits per heavy atom. The molecule has 2 atom stereocenters. The number of hydrogen-bond acceptors (Lipinski definition) is 9. The van der Waals surface area contributed by atoms with Crippen LogP contribution in [0.4, 0.5) is 4.79 Å². The Kier molecular flexibility index (Phi) is 4.63. The molecule has 1 amide bonds. The lowest BCUT2D eigenvalue weighted by molar-refractivity contribution is -0.167. The zero-order valence-corrected chi connectivity index (χ0v) is 15.6. The molecule has 28 heavy (non-hydrogen) atoms. The summed E-state index contributed by atoms with van der Waals surface area (Å²) in [6.07, 6.45) is 0.697. The number of ether oxygens (including phenoxy) is 2. The Balaban J connectivity index is 1.46. The number of carbonyl (C=O) groups excluding carboxylic acids is 2. The van der Waals surface area contributed by atoms with Crippen molar-refractivity contribution in [2.45, 2.75) is 22.8 Å². The molecule has 2 aromatic heterocycles. The van der Waals surface area contributed by atoms with E-state index in [-0.39, 0.29) is 21.4 Å². The Morgan fingerprint density at radius 2 is 2.11 bits per heavy atom. The molecule has 3 heterocycles. The van der Waals surface area contributed by atoms with Crippen molar-refractivity contribution in [2.75, 3.05) is 0 Å². The first-order valence-electron chi connectivity index (χ1n) is 7.98. The number of thiophene rings is 1. The minimum absolute atomic E-state index is 0.0108. The zero-order valence-electron chi connectivity index (χ0n) is 14.0. The lowest BCUT2D eigenvalue weighted by Crippen LogP contribution is -2.44. The number of aromatic nitrogens is 1. The molecule has 1 aliphatic heterocycles. The first kappa shape index (κ1) is 18.6. The number of sulfonamides is 1. The minimum Gasteiger partial charge on any atom is -0.426 e. The molecular formula is C16H13N3O7S2. The van der Waals surface area contributed by atoms with E-state index in [0.717, 1.165) is 11.3 Å². The fourth-order valence-electron chi connectivity index (χ4n) is 2.79. The normalized spacial score (nSPS) is 20.9. The van der Waals surface area contributed by atoms with E-state index in [4.69, 9.17) is 9.47 Å². The van der Waals surface area contributed by atoms with Crippen LogP contribution in [0.2, 0.25) is 0 Å². The second kappa shape index (κ2) is 6.98. The molecule has 0 spiro atoms. The SMILES string of the molecule is O=C1OC2C=C(C(=O)N(O)NS(=O)(=O)c3ccc(-c4ccccn4)s3)CC2O1. The molecule has 4 rings (SSSR count). The number of amides is 1. The molecule has 2 aromatic rings. The number of hydrogen-bond donors (Lipinski definition) is 2. The summed E-state index contributed by atoms with van der Waals surface area (Å²) >= 11 is 0.938. The van der Waals surface area contributed by atoms with Crippen molar-refractivity contribution >= 4 is 33.4 Å². The molecule has 0 saturated carbocycles. The van der Waals surface area contributed by atoms with E-state index < -0.39 is 34.3 Å². The summed E-state index contributed by atoms with van der Waals surface area (Å²) in [6, 6.07) is 8.17. The Bertz CT molecular complexity index is 1060. The van der Waals surface area contributed by atoms with Gasteiger partial charge in [-0.3, -0.25) is 15.0 Å². The third kappa shape index (κ3) is 3.49. The molecule has 0 aromatic carbocycles. The van der Waals surface area contributed by atoms with E-state index in [2.05, 4.69) is 4.98 Å². The van der Waals surface area contributed by atoms with Crippen molar-refractivity contribution in [3.8, 4) is 10.6 Å². The van der Waals surface area contributed by atoms with Crippen LogP contribution in [0.15, 0.2) is 52.4 Å². The zero-order chi connectivity index (χ0) is 19.9. The van der Waals surface area contributed by atoms with Gasteiger partial charge in [-0.2, -0.15) is 0 Å². The van der Waals surface area contributed by atoms with E-state index >= 15 is 0 Å². The largest absolute Gasteiger partial charge is 0.509 e. The number of fused-ring (bicyclic) bond motifs is 1. The molecular weight excluding hydrogens is 410 g/mol. The number of pyridine rings is 1. The summed E-state index contributed by atoms with van der Waals surface area (Å²) in [5.74, 6) is -0.987. The molecule has 2 aliphatic rings. The maximum Gasteiger partial charge on any atom is 0.509 e. The van der Waals surface area contributed by atoms with Crippen LogP contribution in [0, 0.1) is 0 Å². The topological polar surface area (TPSA) is 135 Å². The van der Waals surface area contributed by atoms with Crippen molar-refractivity contribution in [1.82, 2.24) is 15.0 Å². The van der Waals surface area contributed by atoms with Crippen LogP contribution in [0.1, 0.15) is 6.42 Å². The Morgan fingerprint density at radius 1 is 1.29 bits per heavy atom. The average Bonchev–Trinajstić information content (AvgIpc) is 3.36. The quantitative estimate of drug-likeness (QED) is 0.419. The number of nitrogens with zero attached hydrogens (tertiary/aromatic N) is 2. The summed E-state index contributed by atoms with van der Waals surface area (Å²) in [6.45, 7) is 0. The summed E-state index contributed by atoms with van der Waals surface area (Å²) < 4.78 is 34.5. The van der Waals surface area contributed by atoms with Crippen LogP contribution in [-0.2, 0) is 24.3 Å². The summed E-state index contributed by atoms with van der Waals surface area (Å²) in [4.78, 5) is 29.8. The Hall–Kier alpha value is -2.80. The van der Waals surface area contributed by atoms with Crippen LogP contribution < -0.4 is 4.83 Å². The third-order valence-electron chi connectivity index (χ3n) is 4.07. The van der Waals surface area contributed by atoms with Gasteiger partial charge in [0, 0.05) is 18.2 Å². The van der Waals surface area contributed by atoms with Gasteiger partial charge < -0.3 is 9.47 Å². The molecule has 2 N–H and O–H groups in total. The maximum absolute atomic E-state index is 12.5. The van der Waals surface area contributed by atoms with Gasteiger partial charge in [-0.05, 0) is 30.3 Å². The van der Waals surface area contributed by atoms with Crippen molar-refractivity contribution in [3.63, 3.8) is 0 Å². The predicted molar refractivity (Wildman–Crippen MR) is 94.3 cm³/mol. The summed E-state index contributed by atoms with van der Waals surface area (Å²) in [7, 11) is -4.20. The number of hydroxylamine groups is 1. The van der Waals surface area contributed by atoms with Gasteiger partial charge in [0.2, 0.25) is 0 Å². The van der Waals surface area contributed by atoms with Crippen LogP contribution in [-0.4, -0.2) is 48.1 Å². The highest BCUT2D eigenvalue weighted by Crippen LogP contribution is 2.31. The maximum atomic E-state index is 12.5. The fourth-order valence-corrected chi connectivity index (χ4v) is 4.98. The molecule has 10 nitrogen and oxygen atoms in total. The summed E-state index contributed by atoms with van der Waals surface area (Å²) in [5, 5.41) is 9.80. The second-order valence-corrected chi connectivity index (χ2v) is 8.90. The average molecular weight is 423 g/mol. The number of nitrogens with one attached hydrogen (secondary N) is 1. The minimum atomic E-state index is -4.20. The molecule has 1 fully saturated rings. The molecule has 0 radical (unpaired) electrons. The molecule has 12 heteroatoms. The first-order valence-corrected chi connectivity index (χ1v) is 10.3. The van der Waals surface area contributed by atoms with E-state index in [1.165, 1.54) is 12.1 Å². The number of rotatable bonds is 5. The van der Waals surface area contributed by atoms with Gasteiger partial charge in [-0.1, -0.05) is 10.9 Å². The standard InChI is InChI=1S/C16H13N3O7S2/c20-15(9-7-11-12(8-9)26-16(21)25-11)19(22)18-28(23,24)14-5-4-13(27-14)10-3-1-2-6-17-10/h1-7,11-12,18,22H,8H2. The fraction of sp³-hybridized carbons (Fsp3) is 0.188. The van der Waals surface area contributed by atoms with E-state index in [1.54, 1.807) is 35.3 Å². The van der Waals surface area contributed by atoms with E-state index in [9.17, 15) is 23.2 Å². The lowest BCUT2D eigenvalue weighted by atomic mass is 10.2. The predicted octanol–water partition coefficient (Wildman–Crippen LogP) is 1.46. The van der Waals surface area contributed by atoms with Crippen molar-refractivity contribution in [2.24, 2.45) is 0 Å². The van der Waals surface area contributed by atoms with Crippen LogP contribution in [0.5, 0.6) is 0 Å². The lowest BCUT2D eigenvalue weighted by Gasteiger charge is -2.16. The van der Waals surface area contributed by atoms with Crippen molar-refractivity contribution < 1.29 is 32.7 Å². The monoisotopic (exact) mass is 423 g/mol. The number of carbonyl (C=O) groups is 2. The Labute approximate surface area is 163 Å². The highest BCUT2D eigenvalue weighted by molar-refractivity contribution is 7.91. The van der Waals surface area contributed by atoms with Gasteiger partial charge in [-0.25, -0.2) is 13.2 Å². The first-order chi connectivity index (χ1) is 13.3. The molecule has 146 valence electrons. The van der Waals surface area contributed by atoms with Gasteiger partial charge in [0.1, 0.15) is 4.21 Å². The van der Waals surface area contributed by atoms with Gasteiger partial charge in [0.15, 0.2) is 12.2 Å². The van der Waals surface area contributed by atoms with E-state index in [0.29, 0.717) is 10.6 Å². The smallest absolute Gasteiger partial charge is 0.426 e. The molecule has 2 unspecified atom stereocenters. The van der Waals surface area contributed by atoms with Gasteiger partial charge in [0.05, 0.1) is 10.6 Å². The summed E-state index contributed by atoms with van der Waals surface area (Å²) in [5.41, 5.74) is 0.663. The molecule has 0 bridgehead atoms. The molecule has 1 saturated heterocycles. The van der Waals surface area contributed by atoms with Crippen molar-refractivity contribution in [1.29, 1.82) is 0 Å².